The molecule has 0 amide bonds. The molecular formula is C13H17N3O3S. The molecule has 1 aromatic rings. The maximum atomic E-state index is 11.8. The van der Waals surface area contributed by atoms with E-state index >= 15 is 0 Å². The van der Waals surface area contributed by atoms with Crippen LogP contribution in [0, 0.1) is 11.3 Å². The molecule has 20 heavy (non-hydrogen) atoms. The van der Waals surface area contributed by atoms with E-state index < -0.39 is 5.97 Å². The van der Waals surface area contributed by atoms with Crippen LogP contribution in [0.25, 0.3) is 0 Å². The van der Waals surface area contributed by atoms with E-state index in [2.05, 4.69) is 5.32 Å². The summed E-state index contributed by atoms with van der Waals surface area (Å²) in [5.74, 6) is -0.533. The van der Waals surface area contributed by atoms with E-state index in [4.69, 9.17) is 20.5 Å². The highest BCUT2D eigenvalue weighted by Crippen LogP contribution is 2.37. The van der Waals surface area contributed by atoms with Crippen LogP contribution >= 0.6 is 11.3 Å². The number of carbonyl (C=O) groups excluding carboxylic acids is 1. The Morgan fingerprint density at radius 3 is 2.85 bits per heavy atom. The summed E-state index contributed by atoms with van der Waals surface area (Å²) in [5.41, 5.74) is 6.27. The molecule has 2 rings (SSSR count). The van der Waals surface area contributed by atoms with Gasteiger partial charge >= 0.3 is 5.97 Å². The fourth-order valence-electron chi connectivity index (χ4n) is 2.47. The molecule has 0 radical (unpaired) electrons. The van der Waals surface area contributed by atoms with Crippen LogP contribution in [0.5, 0.6) is 0 Å². The van der Waals surface area contributed by atoms with Crippen LogP contribution in [-0.4, -0.2) is 32.3 Å². The van der Waals surface area contributed by atoms with Gasteiger partial charge in [0.15, 0.2) is 0 Å². The van der Waals surface area contributed by atoms with Crippen molar-refractivity contribution in [1.82, 2.24) is 0 Å². The number of ether oxygens (including phenoxy) is 2. The van der Waals surface area contributed by atoms with E-state index in [0.717, 1.165) is 19.3 Å². The van der Waals surface area contributed by atoms with E-state index in [9.17, 15) is 4.79 Å². The van der Waals surface area contributed by atoms with Crippen molar-refractivity contribution in [2.75, 3.05) is 25.3 Å². The Kier molecular flexibility index (Phi) is 4.47. The Morgan fingerprint density at radius 1 is 1.50 bits per heavy atom. The standard InChI is InChI=1S/C13H17N3O3S/c1-18-8-5-3-4-7(8)16-12-10(13(17)19-2)11(15)9(6-14)20-12/h7-8,16H,3-5,15H2,1-2H3. The molecule has 0 saturated heterocycles. The van der Waals surface area contributed by atoms with Gasteiger partial charge in [-0.15, -0.1) is 11.3 Å². The maximum Gasteiger partial charge on any atom is 0.343 e. The van der Waals surface area contributed by atoms with Crippen LogP contribution in [0.4, 0.5) is 10.7 Å². The predicted molar refractivity (Wildman–Crippen MR) is 76.8 cm³/mol. The highest BCUT2D eigenvalue weighted by Gasteiger charge is 2.30. The average molecular weight is 295 g/mol. The highest BCUT2D eigenvalue weighted by atomic mass is 32.1. The molecule has 0 aromatic carbocycles. The van der Waals surface area contributed by atoms with Crippen molar-refractivity contribution in [3.8, 4) is 6.07 Å². The number of anilines is 2. The monoisotopic (exact) mass is 295 g/mol. The van der Waals surface area contributed by atoms with Gasteiger partial charge in [0.1, 0.15) is 21.5 Å². The number of nitrogens with zero attached hydrogens (tertiary/aromatic N) is 1. The van der Waals surface area contributed by atoms with Gasteiger partial charge in [-0.05, 0) is 19.3 Å². The molecule has 1 saturated carbocycles. The minimum Gasteiger partial charge on any atom is -0.465 e. The smallest absolute Gasteiger partial charge is 0.343 e. The summed E-state index contributed by atoms with van der Waals surface area (Å²) in [6, 6.07) is 2.12. The molecule has 0 spiro atoms. The van der Waals surface area contributed by atoms with Gasteiger partial charge in [-0.25, -0.2) is 4.79 Å². The first-order chi connectivity index (χ1) is 9.62. The number of esters is 1. The van der Waals surface area contributed by atoms with Crippen molar-refractivity contribution in [3.63, 3.8) is 0 Å². The van der Waals surface area contributed by atoms with Gasteiger partial charge in [0, 0.05) is 7.11 Å². The number of carbonyl (C=O) groups is 1. The van der Waals surface area contributed by atoms with Crippen molar-refractivity contribution in [2.24, 2.45) is 0 Å². The third-order valence-corrected chi connectivity index (χ3v) is 4.55. The van der Waals surface area contributed by atoms with Crippen molar-refractivity contribution >= 4 is 28.0 Å². The lowest BCUT2D eigenvalue weighted by Gasteiger charge is -2.20. The van der Waals surface area contributed by atoms with Crippen LogP contribution in [0.1, 0.15) is 34.5 Å². The largest absolute Gasteiger partial charge is 0.465 e. The lowest BCUT2D eigenvalue weighted by Crippen LogP contribution is -2.30. The Morgan fingerprint density at radius 2 is 2.25 bits per heavy atom. The molecule has 108 valence electrons. The van der Waals surface area contributed by atoms with E-state index in [-0.39, 0.29) is 23.4 Å². The van der Waals surface area contributed by atoms with E-state index in [1.54, 1.807) is 7.11 Å². The second kappa shape index (κ2) is 6.11. The minimum absolute atomic E-state index is 0.106. The quantitative estimate of drug-likeness (QED) is 0.824. The lowest BCUT2D eigenvalue weighted by molar-refractivity contribution is 0.0603. The van der Waals surface area contributed by atoms with Gasteiger partial charge < -0.3 is 20.5 Å². The summed E-state index contributed by atoms with van der Waals surface area (Å²) in [6.45, 7) is 0. The zero-order chi connectivity index (χ0) is 14.7. The molecule has 2 unspecified atom stereocenters. The number of nitrogens with two attached hydrogens (primary N) is 1. The van der Waals surface area contributed by atoms with Gasteiger partial charge in [0.25, 0.3) is 0 Å². The third-order valence-electron chi connectivity index (χ3n) is 3.51. The summed E-state index contributed by atoms with van der Waals surface area (Å²) in [5, 5.41) is 12.9. The second-order valence-electron chi connectivity index (χ2n) is 4.61. The number of nitriles is 1. The highest BCUT2D eigenvalue weighted by molar-refractivity contribution is 7.17. The summed E-state index contributed by atoms with van der Waals surface area (Å²) >= 11 is 1.18. The summed E-state index contributed by atoms with van der Waals surface area (Å²) in [4.78, 5) is 12.2. The van der Waals surface area contributed by atoms with Gasteiger partial charge in [-0.2, -0.15) is 5.26 Å². The molecule has 1 aliphatic carbocycles. The zero-order valence-electron chi connectivity index (χ0n) is 11.4. The number of nitrogen functional groups attached to an aromatic ring is 1. The first-order valence-electron chi connectivity index (χ1n) is 6.32. The molecule has 0 aliphatic heterocycles. The zero-order valence-corrected chi connectivity index (χ0v) is 12.3. The maximum absolute atomic E-state index is 11.8. The average Bonchev–Trinajstić information content (AvgIpc) is 3.02. The molecule has 1 heterocycles. The number of hydrogen-bond donors (Lipinski definition) is 2. The van der Waals surface area contributed by atoms with Gasteiger partial charge in [-0.3, -0.25) is 0 Å². The minimum atomic E-state index is -0.533. The number of thiophene rings is 1. The predicted octanol–water partition coefficient (Wildman–Crippen LogP) is 1.97. The van der Waals surface area contributed by atoms with E-state index in [1.165, 1.54) is 18.4 Å². The Bertz CT molecular complexity index is 550. The van der Waals surface area contributed by atoms with Crippen molar-refractivity contribution in [2.45, 2.75) is 31.4 Å². The van der Waals surface area contributed by atoms with E-state index in [1.807, 2.05) is 6.07 Å². The van der Waals surface area contributed by atoms with Crippen molar-refractivity contribution < 1.29 is 14.3 Å². The fraction of sp³-hybridized carbons (Fsp3) is 0.538. The molecule has 6 nitrogen and oxygen atoms in total. The normalized spacial score (nSPS) is 21.4. The number of nitrogens with one attached hydrogen (secondary N) is 1. The Hall–Kier alpha value is -1.78. The molecule has 2 atom stereocenters. The number of hydrogen-bond acceptors (Lipinski definition) is 7. The first-order valence-corrected chi connectivity index (χ1v) is 7.14. The van der Waals surface area contributed by atoms with Crippen LogP contribution in [-0.2, 0) is 9.47 Å². The number of rotatable bonds is 4. The first kappa shape index (κ1) is 14.6. The lowest BCUT2D eigenvalue weighted by atomic mass is 10.2. The Labute approximate surface area is 121 Å². The summed E-state index contributed by atoms with van der Waals surface area (Å²) in [6.07, 6.45) is 3.11. The van der Waals surface area contributed by atoms with Crippen LogP contribution < -0.4 is 11.1 Å². The van der Waals surface area contributed by atoms with Gasteiger partial charge in [0.05, 0.1) is 24.9 Å². The molecule has 7 heteroatoms. The van der Waals surface area contributed by atoms with Crippen molar-refractivity contribution in [1.29, 1.82) is 5.26 Å². The summed E-state index contributed by atoms with van der Waals surface area (Å²) < 4.78 is 10.2. The molecule has 0 bridgehead atoms. The molecule has 1 aliphatic rings. The van der Waals surface area contributed by atoms with Crippen LogP contribution in [0.3, 0.4) is 0 Å². The van der Waals surface area contributed by atoms with Gasteiger partial charge in [-0.1, -0.05) is 0 Å². The molecule has 3 N–H and O–H groups in total. The van der Waals surface area contributed by atoms with Crippen LogP contribution in [0.2, 0.25) is 0 Å². The Balaban J connectivity index is 2.31. The van der Waals surface area contributed by atoms with Gasteiger partial charge in [0.2, 0.25) is 0 Å². The number of methoxy groups -OCH3 is 2. The molecule has 1 fully saturated rings. The third kappa shape index (κ3) is 2.57. The fourth-order valence-corrected chi connectivity index (χ4v) is 3.44. The topological polar surface area (TPSA) is 97.4 Å². The second-order valence-corrected chi connectivity index (χ2v) is 5.63. The summed E-state index contributed by atoms with van der Waals surface area (Å²) in [7, 11) is 2.97. The van der Waals surface area contributed by atoms with E-state index in [0.29, 0.717) is 9.88 Å². The SMILES string of the molecule is COC(=O)c1c(NC2CCCC2OC)sc(C#N)c1N. The molecule has 1 aromatic heterocycles. The van der Waals surface area contributed by atoms with Crippen molar-refractivity contribution in [3.05, 3.63) is 10.4 Å². The molecular weight excluding hydrogens is 278 g/mol. The van der Waals surface area contributed by atoms with Crippen LogP contribution in [0.15, 0.2) is 0 Å².